The van der Waals surface area contributed by atoms with E-state index in [0.717, 1.165) is 11.1 Å². The van der Waals surface area contributed by atoms with Gasteiger partial charge in [-0.15, -0.1) is 0 Å². The molecule has 96 valence electrons. The van der Waals surface area contributed by atoms with Crippen molar-refractivity contribution in [3.63, 3.8) is 0 Å². The van der Waals surface area contributed by atoms with Gasteiger partial charge < -0.3 is 5.73 Å². The van der Waals surface area contributed by atoms with Crippen LogP contribution in [0.3, 0.4) is 0 Å². The van der Waals surface area contributed by atoms with Crippen LogP contribution in [0.2, 0.25) is 0 Å². The van der Waals surface area contributed by atoms with Gasteiger partial charge in [-0.1, -0.05) is 12.1 Å². The second-order valence-electron chi connectivity index (χ2n) is 3.80. The van der Waals surface area contributed by atoms with E-state index in [2.05, 4.69) is 4.72 Å². The number of sulfonamides is 1. The molecule has 0 saturated heterocycles. The van der Waals surface area contributed by atoms with Gasteiger partial charge in [-0.25, -0.2) is 13.1 Å². The van der Waals surface area contributed by atoms with Gasteiger partial charge in [0.25, 0.3) is 0 Å². The van der Waals surface area contributed by atoms with Crippen LogP contribution in [0, 0.1) is 0 Å². The molecule has 18 heavy (non-hydrogen) atoms. The minimum absolute atomic E-state index is 0.259. The highest BCUT2D eigenvalue weighted by molar-refractivity contribution is 7.89. The zero-order chi connectivity index (χ0) is 13.0. The third kappa shape index (κ3) is 3.17. The van der Waals surface area contributed by atoms with Crippen molar-refractivity contribution in [1.29, 1.82) is 0 Å². The largest absolute Gasteiger partial charge is 0.326 e. The maximum absolute atomic E-state index is 12.0. The van der Waals surface area contributed by atoms with Gasteiger partial charge >= 0.3 is 0 Å². The van der Waals surface area contributed by atoms with Crippen LogP contribution in [0.1, 0.15) is 11.1 Å². The van der Waals surface area contributed by atoms with E-state index in [0.29, 0.717) is 13.1 Å². The summed E-state index contributed by atoms with van der Waals surface area (Å²) < 4.78 is 26.5. The summed E-state index contributed by atoms with van der Waals surface area (Å²) in [4.78, 5) is 0.259. The molecule has 1 heterocycles. The van der Waals surface area contributed by atoms with Crippen molar-refractivity contribution < 1.29 is 8.42 Å². The highest BCUT2D eigenvalue weighted by Gasteiger charge is 2.13. The maximum atomic E-state index is 12.0. The van der Waals surface area contributed by atoms with Crippen LogP contribution in [0.4, 0.5) is 0 Å². The summed E-state index contributed by atoms with van der Waals surface area (Å²) in [7, 11) is -3.45. The van der Waals surface area contributed by atoms with Crippen molar-refractivity contribution >= 4 is 21.4 Å². The van der Waals surface area contributed by atoms with Crippen LogP contribution in [0.5, 0.6) is 0 Å². The molecule has 0 radical (unpaired) electrons. The summed E-state index contributed by atoms with van der Waals surface area (Å²) in [5, 5.41) is 3.83. The Bertz CT molecular complexity index is 590. The van der Waals surface area contributed by atoms with Crippen molar-refractivity contribution in [3.8, 4) is 0 Å². The number of rotatable bonds is 5. The molecule has 0 aliphatic rings. The first kappa shape index (κ1) is 13.2. The van der Waals surface area contributed by atoms with Gasteiger partial charge in [0, 0.05) is 13.1 Å². The normalized spacial score (nSPS) is 11.6. The molecule has 1 aromatic heterocycles. The van der Waals surface area contributed by atoms with Gasteiger partial charge in [-0.2, -0.15) is 11.3 Å². The van der Waals surface area contributed by atoms with Crippen molar-refractivity contribution in [1.82, 2.24) is 4.72 Å². The number of thiophene rings is 1. The molecule has 0 atom stereocenters. The van der Waals surface area contributed by atoms with E-state index in [-0.39, 0.29) is 4.90 Å². The van der Waals surface area contributed by atoms with Crippen molar-refractivity contribution in [3.05, 3.63) is 52.2 Å². The van der Waals surface area contributed by atoms with E-state index >= 15 is 0 Å². The second-order valence-corrected chi connectivity index (χ2v) is 6.35. The molecule has 1 aromatic carbocycles. The molecule has 0 saturated carbocycles. The second kappa shape index (κ2) is 5.62. The Balaban J connectivity index is 2.09. The summed E-state index contributed by atoms with van der Waals surface area (Å²) in [5.74, 6) is 0. The van der Waals surface area contributed by atoms with Crippen LogP contribution in [-0.4, -0.2) is 8.42 Å². The number of hydrogen-bond donors (Lipinski definition) is 2. The van der Waals surface area contributed by atoms with E-state index in [1.807, 2.05) is 16.8 Å². The highest BCUT2D eigenvalue weighted by Crippen LogP contribution is 2.12. The molecule has 0 fully saturated rings. The summed E-state index contributed by atoms with van der Waals surface area (Å²) in [6.45, 7) is 0.715. The quantitative estimate of drug-likeness (QED) is 0.876. The predicted molar refractivity (Wildman–Crippen MR) is 72.7 cm³/mol. The number of hydrogen-bond acceptors (Lipinski definition) is 4. The average Bonchev–Trinajstić information content (AvgIpc) is 2.90. The van der Waals surface area contributed by atoms with Crippen molar-refractivity contribution in [2.24, 2.45) is 5.73 Å². The Morgan fingerprint density at radius 1 is 1.11 bits per heavy atom. The number of benzene rings is 1. The number of nitrogens with one attached hydrogen (secondary N) is 1. The Kier molecular flexibility index (Phi) is 4.13. The summed E-state index contributed by atoms with van der Waals surface area (Å²) in [6, 6.07) is 8.47. The fraction of sp³-hybridized carbons (Fsp3) is 0.167. The minimum atomic E-state index is -3.45. The first-order chi connectivity index (χ1) is 8.62. The van der Waals surface area contributed by atoms with Gasteiger partial charge in [0.05, 0.1) is 4.90 Å². The van der Waals surface area contributed by atoms with Crippen molar-refractivity contribution in [2.75, 3.05) is 0 Å². The van der Waals surface area contributed by atoms with Gasteiger partial charge in [0.15, 0.2) is 0 Å². The Hall–Kier alpha value is -1.21. The molecule has 0 bridgehead atoms. The summed E-state index contributed by atoms with van der Waals surface area (Å²) in [6.07, 6.45) is 0. The molecule has 6 heteroatoms. The van der Waals surface area contributed by atoms with Gasteiger partial charge in [-0.3, -0.25) is 0 Å². The van der Waals surface area contributed by atoms with Gasteiger partial charge in [0.2, 0.25) is 10.0 Å². The molecule has 0 aliphatic heterocycles. The molecular weight excluding hydrogens is 268 g/mol. The summed E-state index contributed by atoms with van der Waals surface area (Å²) in [5.41, 5.74) is 7.34. The van der Waals surface area contributed by atoms with E-state index < -0.39 is 10.0 Å². The molecule has 4 nitrogen and oxygen atoms in total. The third-order valence-corrected chi connectivity index (χ3v) is 4.66. The first-order valence-electron chi connectivity index (χ1n) is 5.41. The highest BCUT2D eigenvalue weighted by atomic mass is 32.2. The molecule has 0 amide bonds. The van der Waals surface area contributed by atoms with Crippen LogP contribution < -0.4 is 10.5 Å². The molecule has 2 rings (SSSR count). The third-order valence-electron chi connectivity index (χ3n) is 2.52. The van der Waals surface area contributed by atoms with E-state index in [1.54, 1.807) is 35.6 Å². The first-order valence-corrected chi connectivity index (χ1v) is 7.84. The number of nitrogens with two attached hydrogens (primary N) is 1. The minimum Gasteiger partial charge on any atom is -0.326 e. The van der Waals surface area contributed by atoms with E-state index in [1.165, 1.54) is 0 Å². The zero-order valence-electron chi connectivity index (χ0n) is 9.67. The van der Waals surface area contributed by atoms with Crippen LogP contribution in [0.15, 0.2) is 46.0 Å². The average molecular weight is 282 g/mol. The Morgan fingerprint density at radius 3 is 2.39 bits per heavy atom. The van der Waals surface area contributed by atoms with Crippen molar-refractivity contribution in [2.45, 2.75) is 18.0 Å². The lowest BCUT2D eigenvalue weighted by atomic mass is 10.2. The molecular formula is C12H14N2O2S2. The lowest BCUT2D eigenvalue weighted by Gasteiger charge is -2.06. The fourth-order valence-corrected chi connectivity index (χ4v) is 3.15. The monoisotopic (exact) mass is 282 g/mol. The van der Waals surface area contributed by atoms with E-state index in [4.69, 9.17) is 5.73 Å². The molecule has 0 spiro atoms. The fourth-order valence-electron chi connectivity index (χ4n) is 1.46. The predicted octanol–water partition coefficient (Wildman–Crippen LogP) is 1.69. The van der Waals surface area contributed by atoms with Gasteiger partial charge in [0.1, 0.15) is 0 Å². The van der Waals surface area contributed by atoms with Crippen LogP contribution in [0.25, 0.3) is 0 Å². The molecule has 2 aromatic rings. The smallest absolute Gasteiger partial charge is 0.240 e. The topological polar surface area (TPSA) is 72.2 Å². The lowest BCUT2D eigenvalue weighted by Crippen LogP contribution is -2.23. The zero-order valence-corrected chi connectivity index (χ0v) is 11.3. The van der Waals surface area contributed by atoms with Crippen LogP contribution >= 0.6 is 11.3 Å². The molecule has 0 aliphatic carbocycles. The lowest BCUT2D eigenvalue weighted by molar-refractivity contribution is 0.581. The van der Waals surface area contributed by atoms with Gasteiger partial charge in [-0.05, 0) is 40.1 Å². The maximum Gasteiger partial charge on any atom is 0.240 e. The Morgan fingerprint density at radius 2 is 1.83 bits per heavy atom. The molecule has 3 N–H and O–H groups in total. The van der Waals surface area contributed by atoms with E-state index in [9.17, 15) is 8.42 Å². The van der Waals surface area contributed by atoms with Crippen LogP contribution in [-0.2, 0) is 23.1 Å². The SMILES string of the molecule is NCc1ccc(S(=O)(=O)NCc2ccsc2)cc1. The standard InChI is InChI=1S/C12H14N2O2S2/c13-7-10-1-3-12(4-2-10)18(15,16)14-8-11-5-6-17-9-11/h1-6,9,14H,7-8,13H2. The summed E-state index contributed by atoms with van der Waals surface area (Å²) >= 11 is 1.54. The molecule has 0 unspecified atom stereocenters. The Labute approximate surface area is 111 Å².